The molecule has 1 aromatic carbocycles. The number of carbonyl (C=O) groups excluding carboxylic acids is 1. The maximum atomic E-state index is 11.8. The highest BCUT2D eigenvalue weighted by Crippen LogP contribution is 2.29. The molecule has 0 bridgehead atoms. The van der Waals surface area contributed by atoms with Gasteiger partial charge >= 0.3 is 5.97 Å². The second-order valence-corrected chi connectivity index (χ2v) is 8.39. The summed E-state index contributed by atoms with van der Waals surface area (Å²) in [5.41, 5.74) is 5.27. The van der Waals surface area contributed by atoms with E-state index in [1.165, 1.54) is 47.2 Å². The highest BCUT2D eigenvalue weighted by molar-refractivity contribution is 7.98. The fourth-order valence-corrected chi connectivity index (χ4v) is 3.75. The van der Waals surface area contributed by atoms with E-state index >= 15 is 0 Å². The molecule has 5 nitrogen and oxygen atoms in total. The molecule has 0 radical (unpaired) electrons. The lowest BCUT2D eigenvalue weighted by Gasteiger charge is -2.22. The smallest absolute Gasteiger partial charge is 0.311 e. The second-order valence-electron chi connectivity index (χ2n) is 7.42. The average Bonchev–Trinajstić information content (AvgIpc) is 2.52. The van der Waals surface area contributed by atoms with Crippen LogP contribution in [0.2, 0.25) is 0 Å². The standard InChI is InChI=1S/C20H26N2O3S/c1-12-7-14(20(3,4)5)8-13(2)16(12)11-26-19-21-15(9-17(23)22-19)10-18(24)25-6/h7-9H,10-11H2,1-6H3,(H,21,22,23). The van der Waals surface area contributed by atoms with Gasteiger partial charge in [-0.2, -0.15) is 0 Å². The number of carbonyl (C=O) groups is 1. The number of aromatic nitrogens is 2. The van der Waals surface area contributed by atoms with Gasteiger partial charge in [-0.25, -0.2) is 4.98 Å². The Bertz CT molecular complexity index is 843. The average molecular weight is 375 g/mol. The van der Waals surface area contributed by atoms with Gasteiger partial charge in [0.05, 0.1) is 19.2 Å². The second kappa shape index (κ2) is 8.08. The van der Waals surface area contributed by atoms with Crippen molar-refractivity contribution in [1.29, 1.82) is 0 Å². The van der Waals surface area contributed by atoms with Crippen LogP contribution in [0.15, 0.2) is 28.2 Å². The van der Waals surface area contributed by atoms with Gasteiger partial charge in [-0.15, -0.1) is 0 Å². The number of rotatable bonds is 5. The van der Waals surface area contributed by atoms with Crippen molar-refractivity contribution in [3.63, 3.8) is 0 Å². The van der Waals surface area contributed by atoms with Crippen molar-refractivity contribution in [2.45, 2.75) is 57.4 Å². The third kappa shape index (κ3) is 5.21. The molecular weight excluding hydrogens is 348 g/mol. The van der Waals surface area contributed by atoms with Crippen LogP contribution < -0.4 is 5.56 Å². The largest absolute Gasteiger partial charge is 0.469 e. The highest BCUT2D eigenvalue weighted by Gasteiger charge is 2.16. The van der Waals surface area contributed by atoms with Crippen molar-refractivity contribution in [2.75, 3.05) is 7.11 Å². The maximum Gasteiger partial charge on any atom is 0.311 e. The number of hydrogen-bond donors (Lipinski definition) is 1. The van der Waals surface area contributed by atoms with E-state index in [-0.39, 0.29) is 17.4 Å². The van der Waals surface area contributed by atoms with Crippen molar-refractivity contribution in [3.8, 4) is 0 Å². The Morgan fingerprint density at radius 3 is 2.35 bits per heavy atom. The van der Waals surface area contributed by atoms with E-state index < -0.39 is 5.97 Å². The molecule has 1 aromatic heterocycles. The summed E-state index contributed by atoms with van der Waals surface area (Å²) in [6.45, 7) is 10.8. The lowest BCUT2D eigenvalue weighted by atomic mass is 9.84. The summed E-state index contributed by atoms with van der Waals surface area (Å²) in [4.78, 5) is 30.3. The van der Waals surface area contributed by atoms with E-state index in [9.17, 15) is 9.59 Å². The zero-order valence-electron chi connectivity index (χ0n) is 16.2. The Morgan fingerprint density at radius 2 is 1.81 bits per heavy atom. The van der Waals surface area contributed by atoms with Crippen molar-refractivity contribution >= 4 is 17.7 Å². The van der Waals surface area contributed by atoms with Crippen molar-refractivity contribution in [1.82, 2.24) is 9.97 Å². The van der Waals surface area contributed by atoms with Gasteiger partial charge in [-0.1, -0.05) is 44.7 Å². The van der Waals surface area contributed by atoms with Crippen LogP contribution >= 0.6 is 11.8 Å². The fraction of sp³-hybridized carbons (Fsp3) is 0.450. The highest BCUT2D eigenvalue weighted by atomic mass is 32.2. The molecule has 0 aliphatic heterocycles. The number of H-pyrrole nitrogens is 1. The van der Waals surface area contributed by atoms with Crippen LogP contribution in [-0.2, 0) is 27.1 Å². The number of methoxy groups -OCH3 is 1. The Labute approximate surface area is 158 Å². The monoisotopic (exact) mass is 374 g/mol. The first-order chi connectivity index (χ1) is 12.1. The van der Waals surface area contributed by atoms with Crippen LogP contribution in [0.4, 0.5) is 0 Å². The molecule has 0 amide bonds. The molecular formula is C20H26N2O3S. The fourth-order valence-electron chi connectivity index (χ4n) is 2.66. The number of benzene rings is 1. The minimum atomic E-state index is -0.413. The summed E-state index contributed by atoms with van der Waals surface area (Å²) < 4.78 is 4.64. The van der Waals surface area contributed by atoms with Gasteiger partial charge in [0.25, 0.3) is 5.56 Å². The molecule has 1 N–H and O–H groups in total. The number of aryl methyl sites for hydroxylation is 2. The van der Waals surface area contributed by atoms with E-state index in [1.807, 2.05) is 0 Å². The lowest BCUT2D eigenvalue weighted by Crippen LogP contribution is -2.14. The minimum absolute atomic E-state index is 0.00762. The predicted octanol–water partition coefficient (Wildman–Crippen LogP) is 3.69. The summed E-state index contributed by atoms with van der Waals surface area (Å²) in [6.07, 6.45) is -0.00762. The summed E-state index contributed by atoms with van der Waals surface area (Å²) in [5, 5.41) is 0.509. The molecule has 0 aliphatic carbocycles. The number of ether oxygens (including phenoxy) is 1. The SMILES string of the molecule is COC(=O)Cc1cc(=O)[nH]c(SCc2c(C)cc(C(C)(C)C)cc2C)n1. The normalized spacial score (nSPS) is 11.5. The maximum absolute atomic E-state index is 11.8. The first-order valence-electron chi connectivity index (χ1n) is 8.50. The zero-order valence-corrected chi connectivity index (χ0v) is 17.0. The number of aromatic amines is 1. The van der Waals surface area contributed by atoms with Gasteiger partial charge in [-0.3, -0.25) is 9.59 Å². The molecule has 0 saturated heterocycles. The predicted molar refractivity (Wildman–Crippen MR) is 105 cm³/mol. The van der Waals surface area contributed by atoms with Crippen molar-refractivity contribution < 1.29 is 9.53 Å². The third-order valence-electron chi connectivity index (χ3n) is 4.24. The van der Waals surface area contributed by atoms with Crippen LogP contribution in [0.5, 0.6) is 0 Å². The van der Waals surface area contributed by atoms with Gasteiger partial charge in [0, 0.05) is 11.8 Å². The van der Waals surface area contributed by atoms with Crippen LogP contribution in [0.25, 0.3) is 0 Å². The lowest BCUT2D eigenvalue weighted by molar-refractivity contribution is -0.139. The van der Waals surface area contributed by atoms with E-state index in [1.54, 1.807) is 0 Å². The quantitative estimate of drug-likeness (QED) is 0.491. The molecule has 1 heterocycles. The number of nitrogens with one attached hydrogen (secondary N) is 1. The Kier molecular flexibility index (Phi) is 6.29. The van der Waals surface area contributed by atoms with Gasteiger partial charge in [0.2, 0.25) is 0 Å². The first kappa shape index (κ1) is 20.2. The van der Waals surface area contributed by atoms with Crippen LogP contribution in [0, 0.1) is 13.8 Å². The molecule has 140 valence electrons. The zero-order chi connectivity index (χ0) is 19.5. The number of hydrogen-bond acceptors (Lipinski definition) is 5. The molecule has 0 aliphatic rings. The van der Waals surface area contributed by atoms with Crippen molar-refractivity contribution in [3.05, 3.63) is 56.5 Å². The van der Waals surface area contributed by atoms with Crippen LogP contribution in [0.3, 0.4) is 0 Å². The summed E-state index contributed by atoms with van der Waals surface area (Å²) in [7, 11) is 1.32. The molecule has 6 heteroatoms. The summed E-state index contributed by atoms with van der Waals surface area (Å²) in [5.74, 6) is 0.288. The Hall–Kier alpha value is -2.08. The number of thioether (sulfide) groups is 1. The number of nitrogens with zero attached hydrogens (tertiary/aromatic N) is 1. The Balaban J connectivity index is 2.21. The minimum Gasteiger partial charge on any atom is -0.469 e. The Morgan fingerprint density at radius 1 is 1.19 bits per heavy atom. The van der Waals surface area contributed by atoms with E-state index in [4.69, 9.17) is 0 Å². The van der Waals surface area contributed by atoms with Crippen LogP contribution in [0.1, 0.15) is 48.7 Å². The van der Waals surface area contributed by atoms with Gasteiger partial charge in [-0.05, 0) is 41.5 Å². The molecule has 26 heavy (non-hydrogen) atoms. The molecule has 0 atom stereocenters. The van der Waals surface area contributed by atoms with Gasteiger partial charge in [0.1, 0.15) is 0 Å². The topological polar surface area (TPSA) is 72.1 Å². The number of esters is 1. The van der Waals surface area contributed by atoms with Crippen molar-refractivity contribution in [2.24, 2.45) is 0 Å². The van der Waals surface area contributed by atoms with Gasteiger partial charge < -0.3 is 9.72 Å². The molecule has 0 unspecified atom stereocenters. The first-order valence-corrected chi connectivity index (χ1v) is 9.49. The third-order valence-corrected chi connectivity index (χ3v) is 5.14. The molecule has 0 saturated carbocycles. The molecule has 2 aromatic rings. The summed E-state index contributed by atoms with van der Waals surface area (Å²) in [6, 6.07) is 5.79. The molecule has 0 fully saturated rings. The van der Waals surface area contributed by atoms with Crippen LogP contribution in [-0.4, -0.2) is 23.0 Å². The molecule has 0 spiro atoms. The molecule has 2 rings (SSSR count). The van der Waals surface area contributed by atoms with E-state index in [2.05, 4.69) is 61.5 Å². The van der Waals surface area contributed by atoms with E-state index in [0.717, 1.165) is 0 Å². The van der Waals surface area contributed by atoms with E-state index in [0.29, 0.717) is 16.6 Å². The van der Waals surface area contributed by atoms with Gasteiger partial charge in [0.15, 0.2) is 5.16 Å². The summed E-state index contributed by atoms with van der Waals surface area (Å²) >= 11 is 1.46.